The first-order valence-corrected chi connectivity index (χ1v) is 12.9. The Morgan fingerprint density at radius 2 is 1.71 bits per heavy atom. The van der Waals surface area contributed by atoms with E-state index in [1.165, 1.54) is 24.4 Å². The summed E-state index contributed by atoms with van der Waals surface area (Å²) < 4.78 is 0. The van der Waals surface area contributed by atoms with Gasteiger partial charge in [0.1, 0.15) is 5.75 Å². The summed E-state index contributed by atoms with van der Waals surface area (Å²) in [5.41, 5.74) is 5.16. The summed E-state index contributed by atoms with van der Waals surface area (Å²) in [6.45, 7) is 9.00. The van der Waals surface area contributed by atoms with Gasteiger partial charge < -0.3 is 20.2 Å². The standard InChI is InChI=1S/C29H34ClN5O3/c1-4-35(5-2)16-15-34(3)20-22-7-6-8-23(17-22)28(37)32-27-14-11-24(30)18-26(27)29(38)33-31-19-21-9-12-25(36)13-10-21/h6-14,17-19,36H,4-5,15-16,20H2,1-3H3,(H,32,37)(H,33,38). The molecule has 38 heavy (non-hydrogen) atoms. The Morgan fingerprint density at radius 3 is 2.42 bits per heavy atom. The molecule has 0 aliphatic carbocycles. The third kappa shape index (κ3) is 8.69. The minimum absolute atomic E-state index is 0.137. The number of aromatic hydroxyl groups is 1. The lowest BCUT2D eigenvalue weighted by atomic mass is 10.1. The van der Waals surface area contributed by atoms with Crippen LogP contribution in [0.1, 0.15) is 45.7 Å². The number of hydrogen-bond donors (Lipinski definition) is 3. The second-order valence-corrected chi connectivity index (χ2v) is 9.34. The van der Waals surface area contributed by atoms with E-state index in [0.717, 1.165) is 38.3 Å². The van der Waals surface area contributed by atoms with Gasteiger partial charge in [-0.15, -0.1) is 0 Å². The summed E-state index contributed by atoms with van der Waals surface area (Å²) >= 11 is 6.13. The summed E-state index contributed by atoms with van der Waals surface area (Å²) in [5, 5.41) is 16.5. The molecule has 0 spiro atoms. The number of carbonyl (C=O) groups excluding carboxylic acids is 2. The number of rotatable bonds is 12. The highest BCUT2D eigenvalue weighted by molar-refractivity contribution is 6.31. The average Bonchev–Trinajstić information content (AvgIpc) is 2.91. The Morgan fingerprint density at radius 1 is 0.974 bits per heavy atom. The van der Waals surface area contributed by atoms with Crippen molar-refractivity contribution < 1.29 is 14.7 Å². The van der Waals surface area contributed by atoms with Gasteiger partial charge in [-0.25, -0.2) is 5.43 Å². The van der Waals surface area contributed by atoms with Crippen LogP contribution >= 0.6 is 11.6 Å². The van der Waals surface area contributed by atoms with Crippen LogP contribution < -0.4 is 10.7 Å². The molecule has 0 bridgehead atoms. The summed E-state index contributed by atoms with van der Waals surface area (Å²) in [5.74, 6) is -0.721. The molecule has 0 radical (unpaired) electrons. The molecule has 3 N–H and O–H groups in total. The van der Waals surface area contributed by atoms with E-state index in [1.807, 2.05) is 18.2 Å². The Balaban J connectivity index is 1.66. The van der Waals surface area contributed by atoms with E-state index < -0.39 is 5.91 Å². The van der Waals surface area contributed by atoms with E-state index in [4.69, 9.17) is 11.6 Å². The van der Waals surface area contributed by atoms with Crippen LogP contribution in [-0.2, 0) is 6.54 Å². The monoisotopic (exact) mass is 535 g/mol. The van der Waals surface area contributed by atoms with E-state index in [0.29, 0.717) is 21.8 Å². The molecule has 200 valence electrons. The van der Waals surface area contributed by atoms with Crippen LogP contribution in [0.15, 0.2) is 71.8 Å². The highest BCUT2D eigenvalue weighted by Crippen LogP contribution is 2.22. The third-order valence-electron chi connectivity index (χ3n) is 6.08. The van der Waals surface area contributed by atoms with Gasteiger partial charge >= 0.3 is 0 Å². The summed E-state index contributed by atoms with van der Waals surface area (Å²) in [4.78, 5) is 30.5. The second kappa shape index (κ2) is 14.3. The van der Waals surface area contributed by atoms with Crippen LogP contribution in [0.25, 0.3) is 0 Å². The number of benzene rings is 3. The molecule has 0 aromatic heterocycles. The van der Waals surface area contributed by atoms with Gasteiger partial charge in [0, 0.05) is 30.2 Å². The van der Waals surface area contributed by atoms with Crippen LogP contribution in [0.2, 0.25) is 5.02 Å². The smallest absolute Gasteiger partial charge is 0.273 e. The van der Waals surface area contributed by atoms with Gasteiger partial charge in [0.25, 0.3) is 11.8 Å². The quantitative estimate of drug-likeness (QED) is 0.228. The van der Waals surface area contributed by atoms with Gasteiger partial charge in [-0.1, -0.05) is 37.6 Å². The Bertz CT molecular complexity index is 1260. The zero-order chi connectivity index (χ0) is 27.5. The number of phenolic OH excluding ortho intramolecular Hbond substituents is 1. The highest BCUT2D eigenvalue weighted by atomic mass is 35.5. The molecule has 0 fully saturated rings. The summed E-state index contributed by atoms with van der Waals surface area (Å²) in [6, 6.07) is 18.5. The van der Waals surface area contributed by atoms with Crippen molar-refractivity contribution in [1.82, 2.24) is 15.2 Å². The predicted molar refractivity (Wildman–Crippen MR) is 153 cm³/mol. The van der Waals surface area contributed by atoms with E-state index in [1.54, 1.807) is 30.3 Å². The van der Waals surface area contributed by atoms with Crippen molar-refractivity contribution in [2.24, 2.45) is 5.10 Å². The van der Waals surface area contributed by atoms with Crippen molar-refractivity contribution >= 4 is 35.3 Å². The van der Waals surface area contributed by atoms with Crippen molar-refractivity contribution in [1.29, 1.82) is 0 Å². The van der Waals surface area contributed by atoms with E-state index in [9.17, 15) is 14.7 Å². The first-order valence-electron chi connectivity index (χ1n) is 12.5. The molecule has 0 atom stereocenters. The number of hydrazone groups is 1. The van der Waals surface area contributed by atoms with Crippen molar-refractivity contribution in [3.05, 3.63) is 94.0 Å². The lowest BCUT2D eigenvalue weighted by Crippen LogP contribution is -2.32. The molecule has 2 amide bonds. The third-order valence-corrected chi connectivity index (χ3v) is 6.32. The number of hydrogen-bond acceptors (Lipinski definition) is 6. The van der Waals surface area contributed by atoms with Gasteiger partial charge in [0.2, 0.25) is 0 Å². The molecule has 0 unspecified atom stereocenters. The van der Waals surface area contributed by atoms with E-state index >= 15 is 0 Å². The van der Waals surface area contributed by atoms with Crippen molar-refractivity contribution in [2.75, 3.05) is 38.5 Å². The molecular formula is C29H34ClN5O3. The number of anilines is 1. The molecule has 0 saturated heterocycles. The minimum atomic E-state index is -0.526. The van der Waals surface area contributed by atoms with Gasteiger partial charge in [0.05, 0.1) is 17.5 Å². The number of carbonyl (C=O) groups is 2. The minimum Gasteiger partial charge on any atom is -0.508 e. The molecule has 3 aromatic carbocycles. The maximum atomic E-state index is 13.1. The van der Waals surface area contributed by atoms with Crippen molar-refractivity contribution in [2.45, 2.75) is 20.4 Å². The predicted octanol–water partition coefficient (Wildman–Crippen LogP) is 4.84. The molecule has 9 heteroatoms. The molecule has 0 aliphatic rings. The lowest BCUT2D eigenvalue weighted by Gasteiger charge is -2.23. The van der Waals surface area contributed by atoms with Crippen molar-refractivity contribution in [3.63, 3.8) is 0 Å². The number of phenols is 1. The molecule has 3 aromatic rings. The number of nitrogens with one attached hydrogen (secondary N) is 2. The molecule has 0 aliphatic heterocycles. The van der Waals surface area contributed by atoms with Gasteiger partial charge in [-0.05, 0) is 85.9 Å². The number of likely N-dealkylation sites (N-methyl/N-ethyl adjacent to an activating group) is 2. The zero-order valence-electron chi connectivity index (χ0n) is 21.9. The van der Waals surface area contributed by atoms with Gasteiger partial charge in [0.15, 0.2) is 0 Å². The molecule has 8 nitrogen and oxygen atoms in total. The molecule has 3 rings (SSSR count). The second-order valence-electron chi connectivity index (χ2n) is 8.90. The van der Waals surface area contributed by atoms with Gasteiger partial charge in [-0.3, -0.25) is 9.59 Å². The fourth-order valence-electron chi connectivity index (χ4n) is 3.85. The van der Waals surface area contributed by atoms with Crippen LogP contribution in [0.5, 0.6) is 5.75 Å². The lowest BCUT2D eigenvalue weighted by molar-refractivity contribution is 0.0956. The SMILES string of the molecule is CCN(CC)CCN(C)Cc1cccc(C(=O)Nc2ccc(Cl)cc2C(=O)NN=Cc2ccc(O)cc2)c1. The average molecular weight is 536 g/mol. The van der Waals surface area contributed by atoms with Crippen LogP contribution in [0.4, 0.5) is 5.69 Å². The largest absolute Gasteiger partial charge is 0.508 e. The topological polar surface area (TPSA) is 97.3 Å². The first kappa shape index (κ1) is 28.8. The summed E-state index contributed by atoms with van der Waals surface area (Å²) in [7, 11) is 2.07. The fourth-order valence-corrected chi connectivity index (χ4v) is 4.02. The fraction of sp³-hybridized carbons (Fsp3) is 0.276. The van der Waals surface area contributed by atoms with Crippen molar-refractivity contribution in [3.8, 4) is 5.75 Å². The first-order chi connectivity index (χ1) is 18.3. The number of nitrogens with zero attached hydrogens (tertiary/aromatic N) is 3. The molecule has 0 heterocycles. The van der Waals surface area contributed by atoms with E-state index in [-0.39, 0.29) is 17.2 Å². The normalized spacial score (nSPS) is 11.3. The van der Waals surface area contributed by atoms with Gasteiger partial charge in [-0.2, -0.15) is 5.10 Å². The molecule has 0 saturated carbocycles. The van der Waals surface area contributed by atoms with Crippen LogP contribution in [0, 0.1) is 0 Å². The number of halogens is 1. The molecular weight excluding hydrogens is 502 g/mol. The summed E-state index contributed by atoms with van der Waals surface area (Å²) in [6.07, 6.45) is 1.45. The van der Waals surface area contributed by atoms with Crippen LogP contribution in [-0.4, -0.2) is 66.2 Å². The highest BCUT2D eigenvalue weighted by Gasteiger charge is 2.16. The van der Waals surface area contributed by atoms with Crippen LogP contribution in [0.3, 0.4) is 0 Å². The maximum Gasteiger partial charge on any atom is 0.273 e. The Labute approximate surface area is 228 Å². The maximum absolute atomic E-state index is 13.1. The number of amides is 2. The Kier molecular flexibility index (Phi) is 10.8. The van der Waals surface area contributed by atoms with E-state index in [2.05, 4.69) is 46.5 Å². The Hall–Kier alpha value is -3.72. The zero-order valence-corrected chi connectivity index (χ0v) is 22.7.